The Morgan fingerprint density at radius 3 is 2.78 bits per heavy atom. The summed E-state index contributed by atoms with van der Waals surface area (Å²) in [5, 5.41) is 12.6. The van der Waals surface area contributed by atoms with E-state index in [1.165, 1.54) is 7.11 Å². The first kappa shape index (κ1) is 17.1. The number of aliphatic hydroxyl groups is 1. The summed E-state index contributed by atoms with van der Waals surface area (Å²) in [5.41, 5.74) is 1.13. The maximum atomic E-state index is 11.6. The fraction of sp³-hybridized carbons (Fsp3) is 0.235. The molecule has 1 unspecified atom stereocenters. The van der Waals surface area contributed by atoms with Gasteiger partial charge < -0.3 is 19.9 Å². The lowest BCUT2D eigenvalue weighted by atomic mass is 10.2. The summed E-state index contributed by atoms with van der Waals surface area (Å²) >= 11 is 5.58. The van der Waals surface area contributed by atoms with Crippen LogP contribution in [0.3, 0.4) is 0 Å². The number of ether oxygens (including phenoxy) is 2. The summed E-state index contributed by atoms with van der Waals surface area (Å²) in [4.78, 5) is 11.6. The van der Waals surface area contributed by atoms with Gasteiger partial charge in [-0.3, -0.25) is 0 Å². The number of para-hydroxylation sites is 2. The molecule has 0 heterocycles. The Bertz CT molecular complexity index is 663. The quantitative estimate of drug-likeness (QED) is 0.600. The largest absolute Gasteiger partial charge is 0.465 e. The molecular weight excluding hydrogens is 318 g/mol. The van der Waals surface area contributed by atoms with Crippen molar-refractivity contribution in [2.75, 3.05) is 24.9 Å². The second-order valence-corrected chi connectivity index (χ2v) is 5.12. The van der Waals surface area contributed by atoms with Gasteiger partial charge in [-0.15, -0.1) is 11.6 Å². The van der Waals surface area contributed by atoms with Crippen LogP contribution in [-0.4, -0.2) is 36.7 Å². The molecule has 122 valence electrons. The minimum atomic E-state index is -0.646. The summed E-state index contributed by atoms with van der Waals surface area (Å²) in [6.45, 7) is 0.312. The summed E-state index contributed by atoms with van der Waals surface area (Å²) < 4.78 is 10.5. The van der Waals surface area contributed by atoms with E-state index in [9.17, 15) is 9.90 Å². The Balaban J connectivity index is 2.15. The molecule has 0 aliphatic rings. The van der Waals surface area contributed by atoms with Crippen LogP contribution in [0.25, 0.3) is 0 Å². The van der Waals surface area contributed by atoms with Crippen LogP contribution in [0.4, 0.5) is 5.69 Å². The molecule has 0 aliphatic heterocycles. The van der Waals surface area contributed by atoms with Crippen LogP contribution in [0, 0.1) is 0 Å². The van der Waals surface area contributed by atoms with Crippen molar-refractivity contribution in [2.24, 2.45) is 0 Å². The van der Waals surface area contributed by atoms with Crippen molar-refractivity contribution in [3.8, 4) is 11.5 Å². The van der Waals surface area contributed by atoms with Crippen LogP contribution in [0.1, 0.15) is 10.4 Å². The molecule has 2 aromatic carbocycles. The van der Waals surface area contributed by atoms with E-state index in [0.717, 1.165) is 5.69 Å². The zero-order valence-corrected chi connectivity index (χ0v) is 13.4. The maximum absolute atomic E-state index is 11.6. The number of alkyl halides is 1. The Kier molecular flexibility index (Phi) is 6.26. The summed E-state index contributed by atoms with van der Waals surface area (Å²) in [5.74, 6) is 0.820. The lowest BCUT2D eigenvalue weighted by Gasteiger charge is -2.15. The number of anilines is 1. The number of hydrogen-bond acceptors (Lipinski definition) is 5. The molecule has 0 spiro atoms. The van der Waals surface area contributed by atoms with E-state index in [0.29, 0.717) is 23.6 Å². The minimum absolute atomic E-state index is 0.150. The third-order valence-corrected chi connectivity index (χ3v) is 3.43. The average molecular weight is 336 g/mol. The van der Waals surface area contributed by atoms with Gasteiger partial charge in [-0.25, -0.2) is 4.79 Å². The number of methoxy groups -OCH3 is 1. The van der Waals surface area contributed by atoms with Crippen LogP contribution < -0.4 is 10.1 Å². The summed E-state index contributed by atoms with van der Waals surface area (Å²) in [6, 6.07) is 14.0. The van der Waals surface area contributed by atoms with Gasteiger partial charge in [0.05, 0.1) is 30.3 Å². The number of hydrogen-bond donors (Lipinski definition) is 2. The second-order valence-electron chi connectivity index (χ2n) is 4.81. The van der Waals surface area contributed by atoms with Crippen molar-refractivity contribution in [3.05, 3.63) is 54.1 Å². The van der Waals surface area contributed by atoms with Gasteiger partial charge in [-0.1, -0.05) is 18.2 Å². The van der Waals surface area contributed by atoms with Crippen LogP contribution >= 0.6 is 11.6 Å². The fourth-order valence-corrected chi connectivity index (χ4v) is 2.02. The molecule has 0 aromatic heterocycles. The van der Waals surface area contributed by atoms with Gasteiger partial charge in [0.15, 0.2) is 5.75 Å². The Labute approximate surface area is 139 Å². The molecule has 0 amide bonds. The molecule has 5 nitrogen and oxygen atoms in total. The van der Waals surface area contributed by atoms with Crippen LogP contribution in [-0.2, 0) is 4.74 Å². The van der Waals surface area contributed by atoms with E-state index >= 15 is 0 Å². The Hall–Kier alpha value is -2.24. The van der Waals surface area contributed by atoms with Gasteiger partial charge in [0.1, 0.15) is 5.75 Å². The van der Waals surface area contributed by atoms with E-state index in [1.54, 1.807) is 30.3 Å². The molecule has 0 saturated carbocycles. The molecule has 1 atom stereocenters. The monoisotopic (exact) mass is 335 g/mol. The summed E-state index contributed by atoms with van der Waals surface area (Å²) in [6.07, 6.45) is -0.646. The van der Waals surface area contributed by atoms with Crippen molar-refractivity contribution >= 4 is 23.3 Å². The molecule has 0 aliphatic carbocycles. The first-order valence-corrected chi connectivity index (χ1v) is 7.60. The highest BCUT2D eigenvalue weighted by atomic mass is 35.5. The predicted octanol–water partition coefficient (Wildman–Crippen LogP) is 3.28. The zero-order valence-electron chi connectivity index (χ0n) is 12.7. The van der Waals surface area contributed by atoms with Gasteiger partial charge in [-0.2, -0.15) is 0 Å². The first-order chi connectivity index (χ1) is 11.1. The van der Waals surface area contributed by atoms with Crippen molar-refractivity contribution in [1.29, 1.82) is 0 Å². The molecule has 0 fully saturated rings. The lowest BCUT2D eigenvalue weighted by molar-refractivity contribution is 0.0600. The SMILES string of the molecule is COC(=O)c1cccc(Oc2ccccc2NCC(O)CCl)c1. The average Bonchev–Trinajstić information content (AvgIpc) is 2.60. The lowest BCUT2D eigenvalue weighted by Crippen LogP contribution is -2.20. The van der Waals surface area contributed by atoms with Crippen LogP contribution in [0.5, 0.6) is 11.5 Å². The smallest absolute Gasteiger partial charge is 0.337 e. The highest BCUT2D eigenvalue weighted by Gasteiger charge is 2.09. The first-order valence-electron chi connectivity index (χ1n) is 7.07. The van der Waals surface area contributed by atoms with E-state index in [-0.39, 0.29) is 5.88 Å². The van der Waals surface area contributed by atoms with Crippen LogP contribution in [0.2, 0.25) is 0 Å². The highest BCUT2D eigenvalue weighted by Crippen LogP contribution is 2.29. The third kappa shape index (κ3) is 4.87. The van der Waals surface area contributed by atoms with Gasteiger partial charge in [-0.05, 0) is 30.3 Å². The number of carbonyl (C=O) groups is 1. The minimum Gasteiger partial charge on any atom is -0.465 e. The standard InChI is InChI=1S/C17H18ClNO4/c1-22-17(21)12-5-4-6-14(9-12)23-16-8-3-2-7-15(16)19-11-13(20)10-18/h2-9,13,19-20H,10-11H2,1H3. The van der Waals surface area contributed by atoms with Gasteiger partial charge in [0.2, 0.25) is 0 Å². The van der Waals surface area contributed by atoms with Gasteiger partial charge in [0, 0.05) is 6.54 Å². The molecule has 0 radical (unpaired) electrons. The second kappa shape index (κ2) is 8.41. The Morgan fingerprint density at radius 2 is 2.04 bits per heavy atom. The van der Waals surface area contributed by atoms with E-state index < -0.39 is 12.1 Å². The Morgan fingerprint density at radius 1 is 1.26 bits per heavy atom. The number of rotatable bonds is 7. The molecule has 0 saturated heterocycles. The maximum Gasteiger partial charge on any atom is 0.337 e. The number of esters is 1. The van der Waals surface area contributed by atoms with E-state index in [1.807, 2.05) is 18.2 Å². The number of carbonyl (C=O) groups excluding carboxylic acids is 1. The predicted molar refractivity (Wildman–Crippen MR) is 89.5 cm³/mol. The normalized spacial score (nSPS) is 11.6. The molecule has 2 rings (SSSR count). The number of halogens is 1. The molecule has 6 heteroatoms. The molecule has 0 bridgehead atoms. The van der Waals surface area contributed by atoms with Crippen molar-refractivity contribution in [2.45, 2.75) is 6.10 Å². The van der Waals surface area contributed by atoms with E-state index in [2.05, 4.69) is 5.32 Å². The van der Waals surface area contributed by atoms with Crippen molar-refractivity contribution in [3.63, 3.8) is 0 Å². The fourth-order valence-electron chi connectivity index (χ4n) is 1.92. The van der Waals surface area contributed by atoms with Gasteiger partial charge in [0.25, 0.3) is 0 Å². The molecular formula is C17H18ClNO4. The zero-order chi connectivity index (χ0) is 16.7. The highest BCUT2D eigenvalue weighted by molar-refractivity contribution is 6.18. The molecule has 2 N–H and O–H groups in total. The van der Waals surface area contributed by atoms with Crippen molar-refractivity contribution in [1.82, 2.24) is 0 Å². The number of nitrogens with one attached hydrogen (secondary N) is 1. The topological polar surface area (TPSA) is 67.8 Å². The summed E-state index contributed by atoms with van der Waals surface area (Å²) in [7, 11) is 1.33. The van der Waals surface area contributed by atoms with Crippen molar-refractivity contribution < 1.29 is 19.4 Å². The number of benzene rings is 2. The third-order valence-electron chi connectivity index (χ3n) is 3.08. The molecule has 2 aromatic rings. The van der Waals surface area contributed by atoms with Gasteiger partial charge >= 0.3 is 5.97 Å². The number of aliphatic hydroxyl groups excluding tert-OH is 1. The van der Waals surface area contributed by atoms with E-state index in [4.69, 9.17) is 21.1 Å². The molecule has 23 heavy (non-hydrogen) atoms. The van der Waals surface area contributed by atoms with Crippen LogP contribution in [0.15, 0.2) is 48.5 Å².